The van der Waals surface area contributed by atoms with Gasteiger partial charge < -0.3 is 10.0 Å². The number of piperidine rings is 2. The molecule has 17 heavy (non-hydrogen) atoms. The Morgan fingerprint density at radius 1 is 1.24 bits per heavy atom. The van der Waals surface area contributed by atoms with Crippen LogP contribution in [0.5, 0.6) is 5.75 Å². The maximum absolute atomic E-state index is 11.9. The van der Waals surface area contributed by atoms with Crippen molar-refractivity contribution in [3.05, 3.63) is 29.8 Å². The van der Waals surface area contributed by atoms with Crippen LogP contribution in [0.2, 0.25) is 0 Å². The number of benzene rings is 1. The number of amides is 1. The highest BCUT2D eigenvalue weighted by molar-refractivity contribution is 5.81. The summed E-state index contributed by atoms with van der Waals surface area (Å²) < 4.78 is 0. The first-order chi connectivity index (χ1) is 8.22. The molecule has 1 aromatic rings. The quantitative estimate of drug-likeness (QED) is 0.861. The van der Waals surface area contributed by atoms with E-state index >= 15 is 0 Å². The van der Waals surface area contributed by atoms with Crippen LogP contribution in [-0.4, -0.2) is 29.0 Å². The van der Waals surface area contributed by atoms with Crippen LogP contribution in [0.15, 0.2) is 24.3 Å². The monoisotopic (exact) mass is 231 g/mol. The second-order valence-corrected chi connectivity index (χ2v) is 5.24. The van der Waals surface area contributed by atoms with E-state index in [2.05, 4.69) is 0 Å². The molecule has 4 rings (SSSR count). The molecule has 1 N–H and O–H groups in total. The highest BCUT2D eigenvalue weighted by Gasteiger charge is 2.43. The van der Waals surface area contributed by atoms with Gasteiger partial charge in [0.05, 0.1) is 0 Å². The number of nitrogens with zero attached hydrogens (tertiary/aromatic N) is 1. The molecule has 1 amide bonds. The first kappa shape index (κ1) is 10.6. The molecule has 1 aliphatic carbocycles. The summed E-state index contributed by atoms with van der Waals surface area (Å²) in [6, 6.07) is 7.24. The van der Waals surface area contributed by atoms with Gasteiger partial charge in [-0.15, -0.1) is 0 Å². The summed E-state index contributed by atoms with van der Waals surface area (Å²) >= 11 is 0. The predicted octanol–water partition coefficient (Wildman–Crippen LogP) is 1.80. The fraction of sp³-hybridized carbons (Fsp3) is 0.500. The SMILES string of the molecule is O=C1C2CC(C2)CN1CCc1ccc(O)cc1. The van der Waals surface area contributed by atoms with Crippen molar-refractivity contribution in [2.75, 3.05) is 13.1 Å². The summed E-state index contributed by atoms with van der Waals surface area (Å²) in [5.74, 6) is 1.74. The maximum Gasteiger partial charge on any atom is 0.225 e. The summed E-state index contributed by atoms with van der Waals surface area (Å²) in [6.07, 6.45) is 3.12. The molecule has 2 saturated heterocycles. The molecule has 90 valence electrons. The minimum absolute atomic E-state index is 0.295. The predicted molar refractivity (Wildman–Crippen MR) is 64.6 cm³/mol. The standard InChI is InChI=1S/C14H17NO2/c16-13-3-1-10(2-4-13)5-6-15-9-11-7-12(8-11)14(15)17/h1-4,11-12,16H,5-9H2. The van der Waals surface area contributed by atoms with Crippen LogP contribution in [0, 0.1) is 11.8 Å². The van der Waals surface area contributed by atoms with Gasteiger partial charge in [-0.05, 0) is 42.9 Å². The number of fused-ring (bicyclic) bond motifs is 2. The lowest BCUT2D eigenvalue weighted by atomic mass is 9.70. The number of phenols is 1. The largest absolute Gasteiger partial charge is 0.508 e. The first-order valence-electron chi connectivity index (χ1n) is 6.29. The zero-order valence-corrected chi connectivity index (χ0v) is 9.80. The highest BCUT2D eigenvalue weighted by Crippen LogP contribution is 2.40. The summed E-state index contributed by atoms with van der Waals surface area (Å²) in [6.45, 7) is 1.77. The minimum Gasteiger partial charge on any atom is -0.508 e. The molecule has 0 spiro atoms. The Kier molecular flexibility index (Phi) is 2.54. The molecule has 3 aliphatic rings. The molecule has 2 bridgehead atoms. The molecule has 1 saturated carbocycles. The van der Waals surface area contributed by atoms with Crippen molar-refractivity contribution in [1.29, 1.82) is 0 Å². The van der Waals surface area contributed by atoms with Gasteiger partial charge in [-0.25, -0.2) is 0 Å². The molecule has 2 heterocycles. The van der Waals surface area contributed by atoms with Crippen LogP contribution in [0.4, 0.5) is 0 Å². The summed E-state index contributed by atoms with van der Waals surface area (Å²) in [5.41, 5.74) is 1.18. The molecule has 0 atom stereocenters. The van der Waals surface area contributed by atoms with Crippen LogP contribution in [-0.2, 0) is 11.2 Å². The van der Waals surface area contributed by atoms with Crippen molar-refractivity contribution in [2.24, 2.45) is 11.8 Å². The van der Waals surface area contributed by atoms with Crippen LogP contribution >= 0.6 is 0 Å². The Balaban J connectivity index is 1.57. The Morgan fingerprint density at radius 2 is 1.94 bits per heavy atom. The van der Waals surface area contributed by atoms with Crippen LogP contribution < -0.4 is 0 Å². The fourth-order valence-corrected chi connectivity index (χ4v) is 2.87. The van der Waals surface area contributed by atoms with E-state index in [1.54, 1.807) is 12.1 Å². The van der Waals surface area contributed by atoms with Gasteiger partial charge in [-0.3, -0.25) is 4.79 Å². The van der Waals surface area contributed by atoms with E-state index in [0.29, 0.717) is 17.6 Å². The Hall–Kier alpha value is -1.51. The number of hydrogen-bond donors (Lipinski definition) is 1. The third kappa shape index (κ3) is 2.02. The molecule has 3 fully saturated rings. The summed E-state index contributed by atoms with van der Waals surface area (Å²) in [4.78, 5) is 13.9. The third-order valence-electron chi connectivity index (χ3n) is 3.98. The average Bonchev–Trinajstić information content (AvgIpc) is 2.28. The second kappa shape index (κ2) is 4.06. The fourth-order valence-electron chi connectivity index (χ4n) is 2.87. The van der Waals surface area contributed by atoms with Crippen LogP contribution in [0.1, 0.15) is 18.4 Å². The molecule has 0 unspecified atom stereocenters. The molecule has 0 radical (unpaired) electrons. The van der Waals surface area contributed by atoms with E-state index in [4.69, 9.17) is 0 Å². The Labute approximate surface area is 101 Å². The first-order valence-corrected chi connectivity index (χ1v) is 6.29. The van der Waals surface area contributed by atoms with Crippen LogP contribution in [0.3, 0.4) is 0 Å². The van der Waals surface area contributed by atoms with Gasteiger partial charge in [0.1, 0.15) is 5.75 Å². The van der Waals surface area contributed by atoms with E-state index in [1.807, 2.05) is 17.0 Å². The van der Waals surface area contributed by atoms with E-state index in [0.717, 1.165) is 38.3 Å². The number of hydrogen-bond acceptors (Lipinski definition) is 2. The van der Waals surface area contributed by atoms with Gasteiger partial charge in [-0.1, -0.05) is 12.1 Å². The lowest BCUT2D eigenvalue weighted by molar-refractivity contribution is -0.149. The molecule has 2 aliphatic heterocycles. The van der Waals surface area contributed by atoms with Crippen molar-refractivity contribution < 1.29 is 9.90 Å². The zero-order valence-electron chi connectivity index (χ0n) is 9.80. The van der Waals surface area contributed by atoms with Gasteiger partial charge in [-0.2, -0.15) is 0 Å². The topological polar surface area (TPSA) is 40.5 Å². The lowest BCUT2D eigenvalue weighted by Crippen LogP contribution is -2.53. The molecule has 3 heteroatoms. The van der Waals surface area contributed by atoms with Crippen molar-refractivity contribution in [3.63, 3.8) is 0 Å². The average molecular weight is 231 g/mol. The molecular formula is C14H17NO2. The summed E-state index contributed by atoms with van der Waals surface area (Å²) in [7, 11) is 0. The van der Waals surface area contributed by atoms with Crippen molar-refractivity contribution in [2.45, 2.75) is 19.3 Å². The summed E-state index contributed by atoms with van der Waals surface area (Å²) in [5, 5.41) is 9.19. The van der Waals surface area contributed by atoms with E-state index in [-0.39, 0.29) is 0 Å². The molecule has 0 aromatic heterocycles. The Bertz CT molecular complexity index is 420. The Morgan fingerprint density at radius 3 is 2.59 bits per heavy atom. The van der Waals surface area contributed by atoms with E-state index in [9.17, 15) is 9.90 Å². The third-order valence-corrected chi connectivity index (χ3v) is 3.98. The number of aromatic hydroxyl groups is 1. The van der Waals surface area contributed by atoms with Crippen molar-refractivity contribution in [1.82, 2.24) is 4.90 Å². The lowest BCUT2D eigenvalue weighted by Gasteiger charge is -2.46. The van der Waals surface area contributed by atoms with E-state index < -0.39 is 0 Å². The molecule has 3 nitrogen and oxygen atoms in total. The van der Waals surface area contributed by atoms with Crippen molar-refractivity contribution in [3.8, 4) is 5.75 Å². The smallest absolute Gasteiger partial charge is 0.225 e. The number of rotatable bonds is 3. The van der Waals surface area contributed by atoms with Crippen molar-refractivity contribution >= 4 is 5.91 Å². The van der Waals surface area contributed by atoms with Gasteiger partial charge in [0.25, 0.3) is 0 Å². The van der Waals surface area contributed by atoms with Gasteiger partial charge in [0, 0.05) is 19.0 Å². The number of phenolic OH excluding ortho intramolecular Hbond substituents is 1. The van der Waals surface area contributed by atoms with Gasteiger partial charge in [0.2, 0.25) is 5.91 Å². The molecular weight excluding hydrogens is 214 g/mol. The zero-order chi connectivity index (χ0) is 11.8. The maximum atomic E-state index is 11.9. The second-order valence-electron chi connectivity index (χ2n) is 5.24. The highest BCUT2D eigenvalue weighted by atomic mass is 16.3. The van der Waals surface area contributed by atoms with E-state index in [1.165, 1.54) is 5.56 Å². The number of carbonyl (C=O) groups excluding carboxylic acids is 1. The molecule has 1 aromatic carbocycles. The minimum atomic E-state index is 0.295. The van der Waals surface area contributed by atoms with Crippen LogP contribution in [0.25, 0.3) is 0 Å². The number of carbonyl (C=O) groups is 1. The van der Waals surface area contributed by atoms with Gasteiger partial charge in [0.15, 0.2) is 0 Å². The van der Waals surface area contributed by atoms with Gasteiger partial charge >= 0.3 is 0 Å². The normalized spacial score (nSPS) is 26.8.